The molecular weight excluding hydrogens is 424 g/mol. The van der Waals surface area contributed by atoms with Gasteiger partial charge in [-0.3, -0.25) is 24.3 Å². The highest BCUT2D eigenvalue weighted by molar-refractivity contribution is 7.09. The lowest BCUT2D eigenvalue weighted by atomic mass is 9.92. The standard InChI is InChI=1S/C24H30N4O3S/c1-4-14(2)15(3)22(29)27-19-9-8-16-6-5-7-17-10-20(28(21(16)17)24(19)31)23(30)26-12-18-11-25-13-32-18/h5-7,11,13-15,19-20H,4,8-10,12H2,1-3H3,(H,26,30)(H,27,29)/t14-,15-,19-,20-/m0/s1. The Morgan fingerprint density at radius 1 is 1.28 bits per heavy atom. The van der Waals surface area contributed by atoms with Crippen molar-refractivity contribution in [1.82, 2.24) is 15.6 Å². The molecule has 0 radical (unpaired) electrons. The normalized spacial score (nSPS) is 21.5. The molecule has 2 N–H and O–H groups in total. The van der Waals surface area contributed by atoms with Crippen molar-refractivity contribution < 1.29 is 14.4 Å². The van der Waals surface area contributed by atoms with Gasteiger partial charge in [0, 0.05) is 23.4 Å². The van der Waals surface area contributed by atoms with Crippen molar-refractivity contribution in [2.75, 3.05) is 4.90 Å². The number of nitrogens with one attached hydrogen (secondary N) is 2. The van der Waals surface area contributed by atoms with Gasteiger partial charge in [0.25, 0.3) is 0 Å². The zero-order valence-corrected chi connectivity index (χ0v) is 19.6. The molecule has 3 amide bonds. The molecule has 2 aliphatic rings. The summed E-state index contributed by atoms with van der Waals surface area (Å²) in [6.07, 6.45) is 4.32. The Bertz CT molecular complexity index is 1010. The van der Waals surface area contributed by atoms with Crippen LogP contribution in [0.25, 0.3) is 0 Å². The highest BCUT2D eigenvalue weighted by Crippen LogP contribution is 2.39. The molecule has 32 heavy (non-hydrogen) atoms. The zero-order valence-electron chi connectivity index (χ0n) is 18.8. The van der Waals surface area contributed by atoms with Crippen LogP contribution in [0, 0.1) is 11.8 Å². The summed E-state index contributed by atoms with van der Waals surface area (Å²) in [7, 11) is 0. The van der Waals surface area contributed by atoms with Crippen LogP contribution in [0.3, 0.4) is 0 Å². The van der Waals surface area contributed by atoms with Gasteiger partial charge in [-0.15, -0.1) is 11.3 Å². The number of carbonyl (C=O) groups is 3. The molecule has 4 rings (SSSR count). The van der Waals surface area contributed by atoms with Crippen molar-refractivity contribution in [2.24, 2.45) is 11.8 Å². The van der Waals surface area contributed by atoms with Gasteiger partial charge < -0.3 is 10.6 Å². The molecule has 0 fully saturated rings. The number of para-hydroxylation sites is 1. The summed E-state index contributed by atoms with van der Waals surface area (Å²) < 4.78 is 0. The molecule has 1 aromatic heterocycles. The van der Waals surface area contributed by atoms with E-state index in [1.165, 1.54) is 11.3 Å². The second-order valence-electron chi connectivity index (χ2n) is 8.81. The first-order valence-electron chi connectivity index (χ1n) is 11.3. The summed E-state index contributed by atoms with van der Waals surface area (Å²) in [5.74, 6) is -0.428. The van der Waals surface area contributed by atoms with E-state index in [4.69, 9.17) is 0 Å². The number of carbonyl (C=O) groups excluding carboxylic acids is 3. The van der Waals surface area contributed by atoms with Crippen molar-refractivity contribution >= 4 is 34.7 Å². The van der Waals surface area contributed by atoms with Gasteiger partial charge in [0.15, 0.2) is 0 Å². The minimum Gasteiger partial charge on any atom is -0.349 e. The molecule has 0 spiro atoms. The molecule has 0 aliphatic carbocycles. The van der Waals surface area contributed by atoms with Crippen LogP contribution in [-0.2, 0) is 33.8 Å². The molecule has 1 aromatic carbocycles. The Morgan fingerprint density at radius 3 is 2.78 bits per heavy atom. The van der Waals surface area contributed by atoms with Gasteiger partial charge in [-0.2, -0.15) is 0 Å². The molecule has 0 saturated heterocycles. The first kappa shape index (κ1) is 22.5. The van der Waals surface area contributed by atoms with Gasteiger partial charge in [-0.25, -0.2) is 0 Å². The predicted molar refractivity (Wildman–Crippen MR) is 124 cm³/mol. The second-order valence-corrected chi connectivity index (χ2v) is 9.78. The number of hydrogen-bond acceptors (Lipinski definition) is 5. The van der Waals surface area contributed by atoms with Crippen LogP contribution in [0.5, 0.6) is 0 Å². The van der Waals surface area contributed by atoms with Crippen LogP contribution in [0.15, 0.2) is 29.9 Å². The van der Waals surface area contributed by atoms with Crippen LogP contribution in [0.1, 0.15) is 49.6 Å². The maximum atomic E-state index is 13.6. The highest BCUT2D eigenvalue weighted by atomic mass is 32.1. The predicted octanol–water partition coefficient (Wildman–Crippen LogP) is 2.83. The van der Waals surface area contributed by atoms with E-state index < -0.39 is 12.1 Å². The summed E-state index contributed by atoms with van der Waals surface area (Å²) in [4.78, 5) is 46.2. The Balaban J connectivity index is 1.56. The zero-order chi connectivity index (χ0) is 22.8. The fourth-order valence-electron chi connectivity index (χ4n) is 4.51. The summed E-state index contributed by atoms with van der Waals surface area (Å²) in [5, 5.41) is 5.95. The molecule has 4 atom stereocenters. The maximum Gasteiger partial charge on any atom is 0.250 e. The van der Waals surface area contributed by atoms with Gasteiger partial charge in [-0.05, 0) is 29.9 Å². The number of rotatable bonds is 7. The molecular formula is C24H30N4O3S. The smallest absolute Gasteiger partial charge is 0.250 e. The van der Waals surface area contributed by atoms with E-state index in [1.807, 2.05) is 32.0 Å². The number of thiazole rings is 1. The quantitative estimate of drug-likeness (QED) is 0.673. The Morgan fingerprint density at radius 2 is 2.06 bits per heavy atom. The summed E-state index contributed by atoms with van der Waals surface area (Å²) >= 11 is 1.48. The first-order valence-corrected chi connectivity index (χ1v) is 12.2. The Hall–Kier alpha value is -2.74. The van der Waals surface area contributed by atoms with Crippen molar-refractivity contribution in [1.29, 1.82) is 0 Å². The SMILES string of the molecule is CC[C@H](C)[C@H](C)C(=O)N[C@H]1CCc2cccc3c2N(C1=O)[C@H](C(=O)NCc1cncs1)C3. The number of aromatic nitrogens is 1. The number of nitrogens with zero attached hydrogens (tertiary/aromatic N) is 2. The lowest BCUT2D eigenvalue weighted by molar-refractivity contribution is -0.131. The van der Waals surface area contributed by atoms with Crippen LogP contribution in [0.2, 0.25) is 0 Å². The first-order chi connectivity index (χ1) is 15.4. The van der Waals surface area contributed by atoms with Crippen molar-refractivity contribution in [3.05, 3.63) is 45.9 Å². The third-order valence-electron chi connectivity index (χ3n) is 6.86. The molecule has 0 bridgehead atoms. The van der Waals surface area contributed by atoms with Gasteiger partial charge in [0.2, 0.25) is 17.7 Å². The van der Waals surface area contributed by atoms with E-state index in [-0.39, 0.29) is 29.6 Å². The van der Waals surface area contributed by atoms with E-state index in [1.54, 1.807) is 16.6 Å². The molecule has 2 aromatic rings. The molecule has 170 valence electrons. The number of benzene rings is 1. The highest BCUT2D eigenvalue weighted by Gasteiger charge is 2.44. The molecule has 3 heterocycles. The minimum absolute atomic E-state index is 0.103. The topological polar surface area (TPSA) is 91.4 Å². The lowest BCUT2D eigenvalue weighted by Crippen LogP contribution is -2.55. The van der Waals surface area contributed by atoms with E-state index in [0.717, 1.165) is 28.1 Å². The number of hydrogen-bond donors (Lipinski definition) is 2. The fourth-order valence-corrected chi connectivity index (χ4v) is 5.05. The fraction of sp³-hybridized carbons (Fsp3) is 0.500. The molecule has 8 heteroatoms. The van der Waals surface area contributed by atoms with Crippen LogP contribution in [-0.4, -0.2) is 34.8 Å². The van der Waals surface area contributed by atoms with E-state index in [2.05, 4.69) is 22.5 Å². The molecule has 0 unspecified atom stereocenters. The van der Waals surface area contributed by atoms with Crippen molar-refractivity contribution in [2.45, 2.75) is 65.1 Å². The van der Waals surface area contributed by atoms with E-state index in [0.29, 0.717) is 25.8 Å². The van der Waals surface area contributed by atoms with Crippen LogP contribution >= 0.6 is 11.3 Å². The summed E-state index contributed by atoms with van der Waals surface area (Å²) in [6, 6.07) is 4.74. The average Bonchev–Trinajstić information content (AvgIpc) is 3.43. The third-order valence-corrected chi connectivity index (χ3v) is 7.64. The van der Waals surface area contributed by atoms with E-state index >= 15 is 0 Å². The third kappa shape index (κ3) is 4.28. The Kier molecular flexibility index (Phi) is 6.60. The van der Waals surface area contributed by atoms with Gasteiger partial charge in [0.05, 0.1) is 17.7 Å². The number of anilines is 1. The van der Waals surface area contributed by atoms with Gasteiger partial charge in [0.1, 0.15) is 12.1 Å². The van der Waals surface area contributed by atoms with Gasteiger partial charge in [-0.1, -0.05) is 45.4 Å². The number of amides is 3. The van der Waals surface area contributed by atoms with Crippen molar-refractivity contribution in [3.63, 3.8) is 0 Å². The average molecular weight is 455 g/mol. The summed E-state index contributed by atoms with van der Waals surface area (Å²) in [5.41, 5.74) is 4.64. The van der Waals surface area contributed by atoms with Crippen molar-refractivity contribution in [3.8, 4) is 0 Å². The lowest BCUT2D eigenvalue weighted by Gasteiger charge is -2.29. The molecule has 2 aliphatic heterocycles. The maximum absolute atomic E-state index is 13.6. The largest absolute Gasteiger partial charge is 0.349 e. The monoisotopic (exact) mass is 454 g/mol. The summed E-state index contributed by atoms with van der Waals surface area (Å²) in [6.45, 7) is 6.40. The minimum atomic E-state index is -0.635. The van der Waals surface area contributed by atoms with E-state index in [9.17, 15) is 14.4 Å². The second kappa shape index (κ2) is 9.40. The van der Waals surface area contributed by atoms with Gasteiger partial charge >= 0.3 is 0 Å². The van der Waals surface area contributed by atoms with Crippen LogP contribution in [0.4, 0.5) is 5.69 Å². The molecule has 7 nitrogen and oxygen atoms in total. The molecule has 0 saturated carbocycles. The number of aryl methyl sites for hydroxylation is 1. The van der Waals surface area contributed by atoms with Crippen LogP contribution < -0.4 is 15.5 Å². The Labute approximate surface area is 192 Å².